The van der Waals surface area contributed by atoms with Gasteiger partial charge >= 0.3 is 5.97 Å². The molecule has 0 unspecified atom stereocenters. The Morgan fingerprint density at radius 1 is 0.731 bits per heavy atom. The summed E-state index contributed by atoms with van der Waals surface area (Å²) < 4.78 is 0. The third-order valence-electron chi connectivity index (χ3n) is 4.43. The SMILES string of the molecule is O=C(O)c1ccc(CCc2ccccc2)cc1NCCc1ccccc1. The highest BCUT2D eigenvalue weighted by molar-refractivity contribution is 5.94. The summed E-state index contributed by atoms with van der Waals surface area (Å²) in [6.45, 7) is 0.701. The minimum Gasteiger partial charge on any atom is -0.478 e. The van der Waals surface area contributed by atoms with E-state index in [0.717, 1.165) is 24.8 Å². The highest BCUT2D eigenvalue weighted by atomic mass is 16.4. The zero-order valence-corrected chi connectivity index (χ0v) is 14.7. The summed E-state index contributed by atoms with van der Waals surface area (Å²) in [5, 5.41) is 12.7. The van der Waals surface area contributed by atoms with E-state index in [1.165, 1.54) is 11.1 Å². The molecule has 0 bridgehead atoms. The maximum Gasteiger partial charge on any atom is 0.337 e. The van der Waals surface area contributed by atoms with Crippen molar-refractivity contribution in [1.82, 2.24) is 0 Å². The fourth-order valence-corrected chi connectivity index (χ4v) is 3.00. The minimum absolute atomic E-state index is 0.321. The molecule has 0 aliphatic carbocycles. The van der Waals surface area contributed by atoms with Crippen molar-refractivity contribution >= 4 is 11.7 Å². The number of carboxylic acids is 1. The van der Waals surface area contributed by atoms with Crippen LogP contribution in [0.1, 0.15) is 27.0 Å². The number of rotatable bonds is 8. The molecule has 0 atom stereocenters. The number of hydrogen-bond donors (Lipinski definition) is 2. The van der Waals surface area contributed by atoms with Crippen molar-refractivity contribution in [3.8, 4) is 0 Å². The fraction of sp³-hybridized carbons (Fsp3) is 0.174. The van der Waals surface area contributed by atoms with Gasteiger partial charge in [-0.15, -0.1) is 0 Å². The molecule has 0 amide bonds. The maximum absolute atomic E-state index is 11.5. The minimum atomic E-state index is -0.901. The Kier molecular flexibility index (Phi) is 6.05. The molecule has 0 heterocycles. The van der Waals surface area contributed by atoms with Crippen molar-refractivity contribution in [3.05, 3.63) is 101 Å². The zero-order chi connectivity index (χ0) is 18.2. The van der Waals surface area contributed by atoms with E-state index in [0.29, 0.717) is 17.8 Å². The average Bonchev–Trinajstić information content (AvgIpc) is 2.68. The smallest absolute Gasteiger partial charge is 0.337 e. The van der Waals surface area contributed by atoms with Crippen LogP contribution in [0, 0.1) is 0 Å². The van der Waals surface area contributed by atoms with Gasteiger partial charge in [0.1, 0.15) is 0 Å². The van der Waals surface area contributed by atoms with Crippen LogP contribution >= 0.6 is 0 Å². The normalized spacial score (nSPS) is 10.5. The first kappa shape index (κ1) is 17.7. The molecule has 0 fully saturated rings. The van der Waals surface area contributed by atoms with Gasteiger partial charge in [-0.1, -0.05) is 66.7 Å². The summed E-state index contributed by atoms with van der Waals surface area (Å²) in [7, 11) is 0. The highest BCUT2D eigenvalue weighted by Crippen LogP contribution is 2.20. The van der Waals surface area contributed by atoms with Crippen LogP contribution in [0.25, 0.3) is 0 Å². The van der Waals surface area contributed by atoms with E-state index in [1.807, 2.05) is 48.5 Å². The number of carbonyl (C=O) groups is 1. The molecule has 0 aliphatic rings. The molecule has 0 aromatic heterocycles. The number of benzene rings is 3. The molecule has 0 saturated carbocycles. The Morgan fingerprint density at radius 3 is 1.92 bits per heavy atom. The Bertz CT molecular complexity index is 845. The summed E-state index contributed by atoms with van der Waals surface area (Å²) in [5.41, 5.74) is 4.67. The van der Waals surface area contributed by atoms with Gasteiger partial charge in [-0.25, -0.2) is 4.79 Å². The predicted molar refractivity (Wildman–Crippen MR) is 106 cm³/mol. The molecule has 3 nitrogen and oxygen atoms in total. The van der Waals surface area contributed by atoms with Crippen LogP contribution in [0.3, 0.4) is 0 Å². The van der Waals surface area contributed by atoms with Crippen molar-refractivity contribution in [2.45, 2.75) is 19.3 Å². The van der Waals surface area contributed by atoms with Gasteiger partial charge in [-0.2, -0.15) is 0 Å². The predicted octanol–water partition coefficient (Wildman–Crippen LogP) is 4.82. The lowest BCUT2D eigenvalue weighted by Crippen LogP contribution is -2.10. The van der Waals surface area contributed by atoms with Gasteiger partial charge in [0.05, 0.1) is 5.56 Å². The summed E-state index contributed by atoms with van der Waals surface area (Å²) in [4.78, 5) is 11.5. The molecular weight excluding hydrogens is 322 g/mol. The standard InChI is InChI=1S/C23H23NO2/c25-23(26)21-14-13-20(12-11-18-7-3-1-4-8-18)17-22(21)24-16-15-19-9-5-2-6-10-19/h1-10,13-14,17,24H,11-12,15-16H2,(H,25,26). The number of hydrogen-bond acceptors (Lipinski definition) is 2. The van der Waals surface area contributed by atoms with Gasteiger partial charge in [0.2, 0.25) is 0 Å². The number of carboxylic acid groups (broad SMARTS) is 1. The number of nitrogens with one attached hydrogen (secondary N) is 1. The Labute approximate surface area is 154 Å². The number of aryl methyl sites for hydroxylation is 2. The average molecular weight is 345 g/mol. The summed E-state index contributed by atoms with van der Waals surface area (Å²) in [6.07, 6.45) is 2.68. The van der Waals surface area contributed by atoms with Crippen LogP contribution in [0.2, 0.25) is 0 Å². The van der Waals surface area contributed by atoms with E-state index in [9.17, 15) is 9.90 Å². The van der Waals surface area contributed by atoms with Crippen LogP contribution < -0.4 is 5.32 Å². The van der Waals surface area contributed by atoms with Gasteiger partial charge in [0, 0.05) is 12.2 Å². The molecule has 3 rings (SSSR count). The number of anilines is 1. The van der Waals surface area contributed by atoms with E-state index in [4.69, 9.17) is 0 Å². The van der Waals surface area contributed by atoms with Gasteiger partial charge in [0.15, 0.2) is 0 Å². The second kappa shape index (κ2) is 8.86. The molecule has 26 heavy (non-hydrogen) atoms. The summed E-state index contributed by atoms with van der Waals surface area (Å²) >= 11 is 0. The molecule has 0 radical (unpaired) electrons. The molecule has 2 N–H and O–H groups in total. The second-order valence-electron chi connectivity index (χ2n) is 6.33. The van der Waals surface area contributed by atoms with Gasteiger partial charge in [-0.3, -0.25) is 0 Å². The van der Waals surface area contributed by atoms with Crippen LogP contribution in [-0.2, 0) is 19.3 Å². The fourth-order valence-electron chi connectivity index (χ4n) is 3.00. The van der Waals surface area contributed by atoms with Crippen LogP contribution in [0.15, 0.2) is 78.9 Å². The van der Waals surface area contributed by atoms with Crippen molar-refractivity contribution in [3.63, 3.8) is 0 Å². The molecule has 3 aromatic carbocycles. The third kappa shape index (κ3) is 4.96. The van der Waals surface area contributed by atoms with Crippen molar-refractivity contribution in [2.75, 3.05) is 11.9 Å². The van der Waals surface area contributed by atoms with E-state index in [-0.39, 0.29) is 0 Å². The van der Waals surface area contributed by atoms with E-state index in [1.54, 1.807) is 6.07 Å². The zero-order valence-electron chi connectivity index (χ0n) is 14.7. The summed E-state index contributed by atoms with van der Waals surface area (Å²) in [5.74, 6) is -0.901. The van der Waals surface area contributed by atoms with E-state index < -0.39 is 5.97 Å². The van der Waals surface area contributed by atoms with E-state index in [2.05, 4.69) is 29.6 Å². The lowest BCUT2D eigenvalue weighted by Gasteiger charge is -2.12. The van der Waals surface area contributed by atoms with Crippen molar-refractivity contribution < 1.29 is 9.90 Å². The van der Waals surface area contributed by atoms with Crippen molar-refractivity contribution in [1.29, 1.82) is 0 Å². The molecule has 0 aliphatic heterocycles. The Morgan fingerprint density at radius 2 is 1.31 bits per heavy atom. The maximum atomic E-state index is 11.5. The first-order chi connectivity index (χ1) is 12.7. The Hall–Kier alpha value is -3.07. The van der Waals surface area contributed by atoms with Gasteiger partial charge in [0.25, 0.3) is 0 Å². The quantitative estimate of drug-likeness (QED) is 0.615. The van der Waals surface area contributed by atoms with Crippen LogP contribution in [-0.4, -0.2) is 17.6 Å². The topological polar surface area (TPSA) is 49.3 Å². The Balaban J connectivity index is 1.66. The second-order valence-corrected chi connectivity index (χ2v) is 6.33. The summed E-state index contributed by atoms with van der Waals surface area (Å²) in [6, 6.07) is 26.1. The molecule has 0 spiro atoms. The van der Waals surface area contributed by atoms with E-state index >= 15 is 0 Å². The molecule has 132 valence electrons. The number of aromatic carboxylic acids is 1. The lowest BCUT2D eigenvalue weighted by molar-refractivity contribution is 0.0698. The lowest BCUT2D eigenvalue weighted by atomic mass is 10.0. The highest BCUT2D eigenvalue weighted by Gasteiger charge is 2.10. The van der Waals surface area contributed by atoms with Crippen LogP contribution in [0.5, 0.6) is 0 Å². The molecule has 3 heteroatoms. The molecule has 3 aromatic rings. The third-order valence-corrected chi connectivity index (χ3v) is 4.43. The first-order valence-corrected chi connectivity index (χ1v) is 8.90. The van der Waals surface area contributed by atoms with Gasteiger partial charge < -0.3 is 10.4 Å². The monoisotopic (exact) mass is 345 g/mol. The van der Waals surface area contributed by atoms with Crippen molar-refractivity contribution in [2.24, 2.45) is 0 Å². The first-order valence-electron chi connectivity index (χ1n) is 8.90. The molecule has 0 saturated heterocycles. The van der Waals surface area contributed by atoms with Crippen LogP contribution in [0.4, 0.5) is 5.69 Å². The van der Waals surface area contributed by atoms with Gasteiger partial charge in [-0.05, 0) is 48.1 Å². The largest absolute Gasteiger partial charge is 0.478 e. The molecular formula is C23H23NO2.